The third-order valence-electron chi connectivity index (χ3n) is 3.14. The highest BCUT2D eigenvalue weighted by molar-refractivity contribution is 5.77. The molecule has 1 atom stereocenters. The Hall–Kier alpha value is -2.70. The Kier molecular flexibility index (Phi) is 5.24. The number of aromatic nitrogens is 2. The van der Waals surface area contributed by atoms with Gasteiger partial charge in [0.1, 0.15) is 5.82 Å². The number of halogens is 1. The Bertz CT molecular complexity index is 634. The summed E-state index contributed by atoms with van der Waals surface area (Å²) >= 11 is 0. The topological polar surface area (TPSA) is 90.1 Å². The van der Waals surface area contributed by atoms with Crippen molar-refractivity contribution < 1.29 is 13.9 Å². The van der Waals surface area contributed by atoms with Crippen LogP contribution in [0.1, 0.15) is 5.56 Å². The summed E-state index contributed by atoms with van der Waals surface area (Å²) in [7, 11) is 1.51. The first-order valence-corrected chi connectivity index (χ1v) is 6.73. The van der Waals surface area contributed by atoms with Crippen molar-refractivity contribution in [2.75, 3.05) is 19.0 Å². The van der Waals surface area contributed by atoms with Crippen molar-refractivity contribution in [2.45, 2.75) is 6.42 Å². The number of nitrogens with zero attached hydrogens (tertiary/aromatic N) is 2. The number of benzene rings is 1. The molecule has 2 rings (SSSR count). The largest absolute Gasteiger partial charge is 0.481 e. The summed E-state index contributed by atoms with van der Waals surface area (Å²) in [5.74, 6) is -0.446. The van der Waals surface area contributed by atoms with Crippen molar-refractivity contribution in [3.63, 3.8) is 0 Å². The van der Waals surface area contributed by atoms with Crippen LogP contribution in [0.5, 0.6) is 5.88 Å². The maximum atomic E-state index is 12.9. The molecule has 2 aromatic rings. The number of hydrogen-bond donors (Lipinski definition) is 2. The molecule has 0 fully saturated rings. The minimum atomic E-state index is -0.458. The maximum absolute atomic E-state index is 12.9. The number of rotatable bonds is 7. The van der Waals surface area contributed by atoms with Gasteiger partial charge in [-0.15, -0.1) is 0 Å². The van der Waals surface area contributed by atoms with Crippen LogP contribution in [0.3, 0.4) is 0 Å². The molecule has 1 unspecified atom stereocenters. The lowest BCUT2D eigenvalue weighted by molar-refractivity contribution is -0.121. The fraction of sp³-hybridized carbons (Fsp3) is 0.267. The molecule has 0 bridgehead atoms. The molecule has 6 nitrogen and oxygen atoms in total. The number of nitrogens with two attached hydrogens (primary N) is 1. The number of nitrogens with one attached hydrogen (secondary N) is 1. The van der Waals surface area contributed by atoms with Crippen molar-refractivity contribution in [1.29, 1.82) is 0 Å². The van der Waals surface area contributed by atoms with Crippen molar-refractivity contribution in [3.05, 3.63) is 47.9 Å². The number of ether oxygens (including phenoxy) is 1. The van der Waals surface area contributed by atoms with Crippen LogP contribution in [-0.4, -0.2) is 29.5 Å². The number of carbonyl (C=O) groups is 1. The highest BCUT2D eigenvalue weighted by Gasteiger charge is 2.16. The zero-order valence-corrected chi connectivity index (χ0v) is 12.1. The molecule has 1 heterocycles. The third-order valence-corrected chi connectivity index (χ3v) is 3.14. The Morgan fingerprint density at radius 1 is 1.36 bits per heavy atom. The lowest BCUT2D eigenvalue weighted by Gasteiger charge is -2.14. The number of anilines is 1. The van der Waals surface area contributed by atoms with E-state index in [-0.39, 0.29) is 12.4 Å². The second kappa shape index (κ2) is 7.35. The van der Waals surface area contributed by atoms with Gasteiger partial charge < -0.3 is 15.8 Å². The van der Waals surface area contributed by atoms with E-state index in [4.69, 9.17) is 10.5 Å². The Morgan fingerprint density at radius 3 is 2.73 bits per heavy atom. The van der Waals surface area contributed by atoms with E-state index >= 15 is 0 Å². The fourth-order valence-corrected chi connectivity index (χ4v) is 1.93. The molecule has 116 valence electrons. The molecule has 0 aliphatic rings. The lowest BCUT2D eigenvalue weighted by Crippen LogP contribution is -2.31. The minimum Gasteiger partial charge on any atom is -0.481 e. The zero-order valence-electron chi connectivity index (χ0n) is 12.1. The SMILES string of the molecule is COc1ccnc(NCC(Cc2ccc(F)cc2)C(N)=O)n1. The summed E-state index contributed by atoms with van der Waals surface area (Å²) in [5.41, 5.74) is 6.25. The number of primary amides is 1. The minimum absolute atomic E-state index is 0.278. The second-order valence-corrected chi connectivity index (χ2v) is 4.73. The van der Waals surface area contributed by atoms with Crippen molar-refractivity contribution in [1.82, 2.24) is 9.97 Å². The molecule has 1 aromatic carbocycles. The molecule has 1 aromatic heterocycles. The molecule has 0 aliphatic carbocycles. The van der Waals surface area contributed by atoms with Gasteiger partial charge in [-0.2, -0.15) is 4.98 Å². The molecule has 7 heteroatoms. The Morgan fingerprint density at radius 2 is 2.09 bits per heavy atom. The predicted molar refractivity (Wildman–Crippen MR) is 79.9 cm³/mol. The normalized spacial score (nSPS) is 11.7. The van der Waals surface area contributed by atoms with Gasteiger partial charge in [0.05, 0.1) is 13.0 Å². The van der Waals surface area contributed by atoms with E-state index in [0.29, 0.717) is 18.2 Å². The number of carbonyl (C=O) groups excluding carboxylic acids is 1. The lowest BCUT2D eigenvalue weighted by atomic mass is 9.98. The first kappa shape index (κ1) is 15.7. The molecule has 0 radical (unpaired) electrons. The zero-order chi connectivity index (χ0) is 15.9. The quantitative estimate of drug-likeness (QED) is 0.806. The summed E-state index contributed by atoms with van der Waals surface area (Å²) < 4.78 is 17.9. The second-order valence-electron chi connectivity index (χ2n) is 4.73. The van der Waals surface area contributed by atoms with Crippen LogP contribution in [0.15, 0.2) is 36.5 Å². The van der Waals surface area contributed by atoms with Crippen LogP contribution in [-0.2, 0) is 11.2 Å². The molecule has 0 saturated heterocycles. The molecule has 0 aliphatic heterocycles. The Labute approximate surface area is 127 Å². The Balaban J connectivity index is 1.99. The predicted octanol–water partition coefficient (Wildman–Crippen LogP) is 1.38. The van der Waals surface area contributed by atoms with Crippen molar-refractivity contribution in [3.8, 4) is 5.88 Å². The van der Waals surface area contributed by atoms with Gasteiger partial charge in [0.15, 0.2) is 0 Å². The van der Waals surface area contributed by atoms with Gasteiger partial charge in [0.25, 0.3) is 0 Å². The van der Waals surface area contributed by atoms with E-state index in [1.54, 1.807) is 24.4 Å². The molecule has 3 N–H and O–H groups in total. The van der Waals surface area contributed by atoms with Crippen molar-refractivity contribution >= 4 is 11.9 Å². The van der Waals surface area contributed by atoms with Gasteiger partial charge in [-0.3, -0.25) is 4.79 Å². The van der Waals surface area contributed by atoms with E-state index in [0.717, 1.165) is 5.56 Å². The molecule has 0 saturated carbocycles. The summed E-state index contributed by atoms with van der Waals surface area (Å²) in [5, 5.41) is 2.96. The summed E-state index contributed by atoms with van der Waals surface area (Å²) in [4.78, 5) is 19.7. The average Bonchev–Trinajstić information content (AvgIpc) is 2.53. The van der Waals surface area contributed by atoms with Gasteiger partial charge in [0.2, 0.25) is 17.7 Å². The smallest absolute Gasteiger partial charge is 0.225 e. The van der Waals surface area contributed by atoms with E-state index in [2.05, 4.69) is 15.3 Å². The number of methoxy groups -OCH3 is 1. The van der Waals surface area contributed by atoms with Crippen molar-refractivity contribution in [2.24, 2.45) is 11.7 Å². The fourth-order valence-electron chi connectivity index (χ4n) is 1.93. The average molecular weight is 304 g/mol. The molecule has 22 heavy (non-hydrogen) atoms. The van der Waals surface area contributed by atoms with E-state index < -0.39 is 11.8 Å². The number of hydrogen-bond acceptors (Lipinski definition) is 5. The van der Waals surface area contributed by atoms with Gasteiger partial charge >= 0.3 is 0 Å². The van der Waals surface area contributed by atoms with E-state index in [1.165, 1.54) is 19.2 Å². The first-order chi connectivity index (χ1) is 10.6. The van der Waals surface area contributed by atoms with Crippen LogP contribution >= 0.6 is 0 Å². The summed E-state index contributed by atoms with van der Waals surface area (Å²) in [6, 6.07) is 7.59. The van der Waals surface area contributed by atoms with Crippen LogP contribution in [0.25, 0.3) is 0 Å². The molecule has 1 amide bonds. The number of amides is 1. The standard InChI is InChI=1S/C15H17FN4O2/c1-22-13-6-7-18-15(20-13)19-9-11(14(17)21)8-10-2-4-12(16)5-3-10/h2-7,11H,8-9H2,1H3,(H2,17,21)(H,18,19,20). The first-order valence-electron chi connectivity index (χ1n) is 6.73. The van der Waals surface area contributed by atoms with Crippen LogP contribution in [0.4, 0.5) is 10.3 Å². The van der Waals surface area contributed by atoms with Gasteiger partial charge in [-0.25, -0.2) is 9.37 Å². The molecular weight excluding hydrogens is 287 g/mol. The maximum Gasteiger partial charge on any atom is 0.225 e. The third kappa shape index (κ3) is 4.41. The molecular formula is C15H17FN4O2. The summed E-state index contributed by atoms with van der Waals surface area (Å²) in [6.45, 7) is 0.278. The highest BCUT2D eigenvalue weighted by Crippen LogP contribution is 2.12. The van der Waals surface area contributed by atoms with Crippen LogP contribution < -0.4 is 15.8 Å². The highest BCUT2D eigenvalue weighted by atomic mass is 19.1. The monoisotopic (exact) mass is 304 g/mol. The van der Waals surface area contributed by atoms with Gasteiger partial charge in [-0.1, -0.05) is 12.1 Å². The van der Waals surface area contributed by atoms with Crippen LogP contribution in [0.2, 0.25) is 0 Å². The van der Waals surface area contributed by atoms with Crippen LogP contribution in [0, 0.1) is 11.7 Å². The van der Waals surface area contributed by atoms with Gasteiger partial charge in [-0.05, 0) is 24.1 Å². The molecule has 0 spiro atoms. The van der Waals surface area contributed by atoms with E-state index in [1.807, 2.05) is 0 Å². The summed E-state index contributed by atoms with van der Waals surface area (Å²) in [6.07, 6.45) is 1.96. The van der Waals surface area contributed by atoms with Gasteiger partial charge in [0, 0.05) is 18.8 Å². The van der Waals surface area contributed by atoms with E-state index in [9.17, 15) is 9.18 Å².